The zero-order valence-corrected chi connectivity index (χ0v) is 10.0. The number of rotatable bonds is 8. The molecule has 0 saturated carbocycles. The number of carboxylic acids is 1. The van der Waals surface area contributed by atoms with Crippen molar-refractivity contribution in [1.82, 2.24) is 5.32 Å². The number of carboxylic acid groups (broad SMARTS) is 1. The molecule has 4 heteroatoms. The Balaban J connectivity index is 3.83. The van der Waals surface area contributed by atoms with Gasteiger partial charge in [0.05, 0.1) is 0 Å². The summed E-state index contributed by atoms with van der Waals surface area (Å²) in [6, 6.07) is 0. The molecule has 0 aliphatic heterocycles. The molecule has 4 nitrogen and oxygen atoms in total. The van der Waals surface area contributed by atoms with Crippen molar-refractivity contribution >= 4 is 11.9 Å². The third-order valence-corrected chi connectivity index (χ3v) is 2.49. The lowest BCUT2D eigenvalue weighted by atomic mass is 9.99. The molecule has 0 fully saturated rings. The van der Waals surface area contributed by atoms with E-state index in [4.69, 9.17) is 5.11 Å². The van der Waals surface area contributed by atoms with Crippen molar-refractivity contribution in [2.24, 2.45) is 5.92 Å². The highest BCUT2D eigenvalue weighted by molar-refractivity contribution is 5.93. The van der Waals surface area contributed by atoms with E-state index in [2.05, 4.69) is 19.2 Å². The van der Waals surface area contributed by atoms with Gasteiger partial charge >= 0.3 is 5.97 Å². The van der Waals surface area contributed by atoms with Crippen LogP contribution in [-0.4, -0.2) is 23.5 Å². The molecule has 0 aliphatic carbocycles. The van der Waals surface area contributed by atoms with Gasteiger partial charge in [0, 0.05) is 18.7 Å². The molecule has 0 rings (SSSR count). The lowest BCUT2D eigenvalue weighted by molar-refractivity contribution is -0.131. The molecular weight excluding hydrogens is 206 g/mol. The van der Waals surface area contributed by atoms with Crippen LogP contribution in [0.15, 0.2) is 12.2 Å². The molecule has 0 spiro atoms. The van der Waals surface area contributed by atoms with Crippen LogP contribution in [0.25, 0.3) is 0 Å². The molecule has 0 bridgehead atoms. The number of carbonyl (C=O) groups is 2. The Morgan fingerprint density at radius 2 is 2.00 bits per heavy atom. The average Bonchev–Trinajstić information content (AvgIpc) is 2.26. The maximum atomic E-state index is 11.2. The number of unbranched alkanes of at least 4 members (excludes halogenated alkanes) is 1. The summed E-state index contributed by atoms with van der Waals surface area (Å²) in [4.78, 5) is 21.4. The predicted octanol–water partition coefficient (Wildman–Crippen LogP) is 1.96. The Morgan fingerprint density at radius 3 is 2.50 bits per heavy atom. The van der Waals surface area contributed by atoms with Crippen LogP contribution in [0.1, 0.15) is 39.5 Å². The van der Waals surface area contributed by atoms with E-state index in [9.17, 15) is 9.59 Å². The number of nitrogens with one attached hydrogen (secondary N) is 1. The van der Waals surface area contributed by atoms with Crippen molar-refractivity contribution < 1.29 is 14.7 Å². The van der Waals surface area contributed by atoms with Gasteiger partial charge < -0.3 is 10.4 Å². The number of aliphatic carboxylic acids is 1. The van der Waals surface area contributed by atoms with Gasteiger partial charge in [0.1, 0.15) is 0 Å². The fourth-order valence-electron chi connectivity index (χ4n) is 1.39. The van der Waals surface area contributed by atoms with Crippen LogP contribution in [0.5, 0.6) is 0 Å². The maximum Gasteiger partial charge on any atom is 0.328 e. The van der Waals surface area contributed by atoms with Crippen LogP contribution in [0, 0.1) is 5.92 Å². The van der Waals surface area contributed by atoms with E-state index >= 15 is 0 Å². The first-order valence-corrected chi connectivity index (χ1v) is 5.79. The largest absolute Gasteiger partial charge is 0.478 e. The highest BCUT2D eigenvalue weighted by atomic mass is 16.4. The van der Waals surface area contributed by atoms with Gasteiger partial charge in [-0.25, -0.2) is 4.79 Å². The van der Waals surface area contributed by atoms with Gasteiger partial charge in [0.2, 0.25) is 5.91 Å². The van der Waals surface area contributed by atoms with E-state index in [1.807, 2.05) is 0 Å². The fourth-order valence-corrected chi connectivity index (χ4v) is 1.39. The molecule has 92 valence electrons. The van der Waals surface area contributed by atoms with Crippen molar-refractivity contribution in [1.29, 1.82) is 0 Å². The van der Waals surface area contributed by atoms with E-state index in [0.29, 0.717) is 12.5 Å². The Kier molecular flexibility index (Phi) is 8.21. The minimum absolute atomic E-state index is 0.336. The second kappa shape index (κ2) is 8.95. The maximum absolute atomic E-state index is 11.2. The zero-order chi connectivity index (χ0) is 12.4. The van der Waals surface area contributed by atoms with Crippen LogP contribution in [0.4, 0.5) is 0 Å². The van der Waals surface area contributed by atoms with Crippen LogP contribution in [-0.2, 0) is 9.59 Å². The molecule has 0 aliphatic rings. The van der Waals surface area contributed by atoms with Crippen molar-refractivity contribution in [3.8, 4) is 0 Å². The number of carbonyl (C=O) groups excluding carboxylic acids is 1. The molecule has 0 aromatic heterocycles. The van der Waals surface area contributed by atoms with E-state index in [1.165, 1.54) is 6.42 Å². The highest BCUT2D eigenvalue weighted by Crippen LogP contribution is 2.10. The standard InChI is InChI=1S/C12H21NO3/c1-3-5-6-10(4-2)9-13-11(14)7-8-12(15)16/h7-8,10H,3-6,9H2,1-2H3,(H,13,14)(H,15,16). The first-order valence-electron chi connectivity index (χ1n) is 5.79. The Hall–Kier alpha value is -1.32. The van der Waals surface area contributed by atoms with Gasteiger partial charge in [-0.1, -0.05) is 33.1 Å². The van der Waals surface area contributed by atoms with Crippen molar-refractivity contribution in [2.45, 2.75) is 39.5 Å². The molecular formula is C12H21NO3. The van der Waals surface area contributed by atoms with E-state index in [0.717, 1.165) is 31.4 Å². The number of hydrogen-bond acceptors (Lipinski definition) is 2. The summed E-state index contributed by atoms with van der Waals surface area (Å²) in [5.74, 6) is -0.951. The van der Waals surface area contributed by atoms with Crippen molar-refractivity contribution in [2.75, 3.05) is 6.54 Å². The molecule has 1 atom stereocenters. The zero-order valence-electron chi connectivity index (χ0n) is 10.0. The molecule has 0 aromatic rings. The van der Waals surface area contributed by atoms with Crippen molar-refractivity contribution in [3.05, 3.63) is 12.2 Å². The van der Waals surface area contributed by atoms with Gasteiger partial charge in [0.15, 0.2) is 0 Å². The van der Waals surface area contributed by atoms with E-state index in [1.54, 1.807) is 0 Å². The summed E-state index contributed by atoms with van der Waals surface area (Å²) < 4.78 is 0. The van der Waals surface area contributed by atoms with Crippen LogP contribution in [0.3, 0.4) is 0 Å². The van der Waals surface area contributed by atoms with Crippen LogP contribution >= 0.6 is 0 Å². The fraction of sp³-hybridized carbons (Fsp3) is 0.667. The predicted molar refractivity (Wildman–Crippen MR) is 63.1 cm³/mol. The first kappa shape index (κ1) is 14.7. The first-order chi connectivity index (χ1) is 7.60. The molecule has 0 heterocycles. The van der Waals surface area contributed by atoms with E-state index < -0.39 is 5.97 Å². The summed E-state index contributed by atoms with van der Waals surface area (Å²) >= 11 is 0. The summed E-state index contributed by atoms with van der Waals surface area (Å²) in [5.41, 5.74) is 0. The summed E-state index contributed by atoms with van der Waals surface area (Å²) in [7, 11) is 0. The SMILES string of the molecule is CCCCC(CC)CNC(=O)C=CC(=O)O. The van der Waals surface area contributed by atoms with Gasteiger partial charge in [-0.05, 0) is 12.3 Å². The normalized spacial score (nSPS) is 12.6. The topological polar surface area (TPSA) is 66.4 Å². The lowest BCUT2D eigenvalue weighted by Gasteiger charge is -2.14. The molecule has 0 saturated heterocycles. The van der Waals surface area contributed by atoms with E-state index in [-0.39, 0.29) is 5.91 Å². The molecule has 0 aromatic carbocycles. The second-order valence-electron chi connectivity index (χ2n) is 3.83. The number of hydrogen-bond donors (Lipinski definition) is 2. The Bertz CT molecular complexity index is 249. The Morgan fingerprint density at radius 1 is 1.31 bits per heavy atom. The Labute approximate surface area is 96.7 Å². The summed E-state index contributed by atoms with van der Waals surface area (Å²) in [6.45, 7) is 4.86. The molecule has 1 amide bonds. The smallest absolute Gasteiger partial charge is 0.328 e. The molecule has 2 N–H and O–H groups in total. The van der Waals surface area contributed by atoms with Crippen LogP contribution in [0.2, 0.25) is 0 Å². The summed E-state index contributed by atoms with van der Waals surface area (Å²) in [6.07, 6.45) is 6.36. The third-order valence-electron chi connectivity index (χ3n) is 2.49. The highest BCUT2D eigenvalue weighted by Gasteiger charge is 2.06. The van der Waals surface area contributed by atoms with Gasteiger partial charge in [-0.2, -0.15) is 0 Å². The molecule has 1 unspecified atom stereocenters. The molecule has 0 radical (unpaired) electrons. The lowest BCUT2D eigenvalue weighted by Crippen LogP contribution is -2.27. The third kappa shape index (κ3) is 8.03. The second-order valence-corrected chi connectivity index (χ2v) is 3.83. The summed E-state index contributed by atoms with van der Waals surface area (Å²) in [5, 5.41) is 11.0. The molecule has 16 heavy (non-hydrogen) atoms. The van der Waals surface area contributed by atoms with Crippen LogP contribution < -0.4 is 5.32 Å². The monoisotopic (exact) mass is 227 g/mol. The van der Waals surface area contributed by atoms with Gasteiger partial charge in [-0.15, -0.1) is 0 Å². The van der Waals surface area contributed by atoms with Gasteiger partial charge in [0.25, 0.3) is 0 Å². The van der Waals surface area contributed by atoms with Crippen molar-refractivity contribution in [3.63, 3.8) is 0 Å². The minimum atomic E-state index is -1.10. The number of amides is 1. The average molecular weight is 227 g/mol. The minimum Gasteiger partial charge on any atom is -0.478 e. The quantitative estimate of drug-likeness (QED) is 0.623. The van der Waals surface area contributed by atoms with Gasteiger partial charge in [-0.3, -0.25) is 4.79 Å².